The molecule has 0 saturated heterocycles. The number of benzene rings is 2. The highest BCUT2D eigenvalue weighted by Gasteiger charge is 2.40. The fourth-order valence-corrected chi connectivity index (χ4v) is 3.27. The van der Waals surface area contributed by atoms with Crippen LogP contribution in [-0.4, -0.2) is 28.7 Å². The van der Waals surface area contributed by atoms with Crippen LogP contribution in [0.5, 0.6) is 0 Å². The first-order valence-electron chi connectivity index (χ1n) is 7.41. The van der Waals surface area contributed by atoms with E-state index in [0.29, 0.717) is 11.1 Å². The number of ether oxygens (including phenoxy) is 1. The van der Waals surface area contributed by atoms with Gasteiger partial charge in [-0.25, -0.2) is 0 Å². The maximum atomic E-state index is 12.5. The molecule has 0 aliphatic heterocycles. The third-order valence-electron chi connectivity index (χ3n) is 3.54. The summed E-state index contributed by atoms with van der Waals surface area (Å²) in [5.41, 5.74) is 0.977. The summed E-state index contributed by atoms with van der Waals surface area (Å²) in [6.07, 6.45) is -0.118. The predicted octanol–water partition coefficient (Wildman–Crippen LogP) is 3.76. The van der Waals surface area contributed by atoms with Crippen LogP contribution in [0.4, 0.5) is 0 Å². The van der Waals surface area contributed by atoms with Crippen molar-refractivity contribution in [2.24, 2.45) is 0 Å². The van der Waals surface area contributed by atoms with E-state index in [4.69, 9.17) is 4.74 Å². The van der Waals surface area contributed by atoms with E-state index in [1.807, 2.05) is 6.07 Å². The summed E-state index contributed by atoms with van der Waals surface area (Å²) in [6.45, 7) is 1.56. The van der Waals surface area contributed by atoms with Gasteiger partial charge in [-0.05, 0) is 6.92 Å². The quantitative estimate of drug-likeness (QED) is 0.591. The van der Waals surface area contributed by atoms with Crippen LogP contribution in [0.1, 0.15) is 34.1 Å². The van der Waals surface area contributed by atoms with Crippen molar-refractivity contribution in [3.05, 3.63) is 71.8 Å². The lowest BCUT2D eigenvalue weighted by Gasteiger charge is -2.24. The minimum atomic E-state index is -1.28. The van der Waals surface area contributed by atoms with Gasteiger partial charge in [0.05, 0.1) is 7.11 Å². The van der Waals surface area contributed by atoms with E-state index >= 15 is 0 Å². The van der Waals surface area contributed by atoms with E-state index in [1.54, 1.807) is 61.5 Å². The normalized spacial score (nSPS) is 12.9. The minimum Gasteiger partial charge on any atom is -0.468 e. The Morgan fingerprint density at radius 2 is 1.42 bits per heavy atom. The van der Waals surface area contributed by atoms with Gasteiger partial charge in [0.25, 0.3) is 0 Å². The monoisotopic (exact) mass is 342 g/mol. The SMILES string of the molecule is COC(=O)C(C)(CC(=O)c1ccccc1)SC(=O)c1ccccc1. The number of carbonyl (C=O) groups excluding carboxylic acids is 3. The van der Waals surface area contributed by atoms with Crippen LogP contribution >= 0.6 is 11.8 Å². The number of esters is 1. The number of hydrogen-bond donors (Lipinski definition) is 0. The molecule has 1 atom stereocenters. The Hall–Kier alpha value is -2.40. The molecule has 4 nitrogen and oxygen atoms in total. The molecule has 0 N–H and O–H groups in total. The highest BCUT2D eigenvalue weighted by Crippen LogP contribution is 2.34. The maximum Gasteiger partial charge on any atom is 0.322 e. The van der Waals surface area contributed by atoms with E-state index in [9.17, 15) is 14.4 Å². The van der Waals surface area contributed by atoms with Crippen molar-refractivity contribution >= 4 is 28.6 Å². The molecule has 0 aliphatic rings. The van der Waals surface area contributed by atoms with Gasteiger partial charge in [-0.2, -0.15) is 0 Å². The van der Waals surface area contributed by atoms with E-state index in [1.165, 1.54) is 7.11 Å². The fourth-order valence-electron chi connectivity index (χ4n) is 2.24. The highest BCUT2D eigenvalue weighted by molar-refractivity contribution is 8.15. The lowest BCUT2D eigenvalue weighted by atomic mass is 9.99. The zero-order chi connectivity index (χ0) is 17.6. The molecule has 0 heterocycles. The molecule has 124 valence electrons. The highest BCUT2D eigenvalue weighted by atomic mass is 32.2. The first-order chi connectivity index (χ1) is 11.5. The summed E-state index contributed by atoms with van der Waals surface area (Å²) in [5, 5.41) is -0.274. The van der Waals surface area contributed by atoms with Crippen molar-refractivity contribution in [3.63, 3.8) is 0 Å². The Kier molecular flexibility index (Phi) is 5.93. The maximum absolute atomic E-state index is 12.5. The molecule has 0 spiro atoms. The van der Waals surface area contributed by atoms with Crippen molar-refractivity contribution in [2.45, 2.75) is 18.1 Å². The summed E-state index contributed by atoms with van der Waals surface area (Å²) < 4.78 is 3.54. The largest absolute Gasteiger partial charge is 0.468 e. The first-order valence-corrected chi connectivity index (χ1v) is 8.23. The predicted molar refractivity (Wildman–Crippen MR) is 94.2 cm³/mol. The van der Waals surface area contributed by atoms with Crippen LogP contribution in [-0.2, 0) is 9.53 Å². The van der Waals surface area contributed by atoms with Gasteiger partial charge in [-0.15, -0.1) is 0 Å². The minimum absolute atomic E-state index is 0.118. The van der Waals surface area contributed by atoms with Gasteiger partial charge in [0.1, 0.15) is 4.75 Å². The van der Waals surface area contributed by atoms with Crippen molar-refractivity contribution < 1.29 is 19.1 Å². The summed E-state index contributed by atoms with van der Waals surface area (Å²) in [7, 11) is 1.25. The Labute approximate surface area is 145 Å². The Morgan fingerprint density at radius 3 is 1.92 bits per heavy atom. The summed E-state index contributed by atoms with van der Waals surface area (Å²) in [5.74, 6) is -0.807. The summed E-state index contributed by atoms with van der Waals surface area (Å²) in [4.78, 5) is 37.1. The summed E-state index contributed by atoms with van der Waals surface area (Å²) in [6, 6.07) is 17.3. The van der Waals surface area contributed by atoms with E-state index in [-0.39, 0.29) is 17.3 Å². The van der Waals surface area contributed by atoms with Crippen LogP contribution in [0.2, 0.25) is 0 Å². The van der Waals surface area contributed by atoms with Crippen LogP contribution in [0.15, 0.2) is 60.7 Å². The molecule has 0 saturated carbocycles. The number of ketones is 1. The van der Waals surface area contributed by atoms with E-state index in [0.717, 1.165) is 11.8 Å². The number of rotatable bonds is 6. The standard InChI is InChI=1S/C19H18O4S/c1-19(18(22)23-2,13-16(20)14-9-5-3-6-10-14)24-17(21)15-11-7-4-8-12-15/h3-12H,13H2,1-2H3. The second-order valence-electron chi connectivity index (χ2n) is 5.44. The van der Waals surface area contributed by atoms with Crippen LogP contribution < -0.4 is 0 Å². The lowest BCUT2D eigenvalue weighted by Crippen LogP contribution is -2.36. The number of hydrogen-bond acceptors (Lipinski definition) is 5. The van der Waals surface area contributed by atoms with E-state index in [2.05, 4.69) is 0 Å². The average molecular weight is 342 g/mol. The number of thioether (sulfide) groups is 1. The molecule has 1 unspecified atom stereocenters. The van der Waals surface area contributed by atoms with Gasteiger partial charge < -0.3 is 4.74 Å². The average Bonchev–Trinajstić information content (AvgIpc) is 2.62. The van der Waals surface area contributed by atoms with Crippen LogP contribution in [0.3, 0.4) is 0 Å². The molecule has 2 aromatic rings. The fraction of sp³-hybridized carbons (Fsp3) is 0.211. The third-order valence-corrected chi connectivity index (χ3v) is 4.72. The van der Waals surface area contributed by atoms with Crippen molar-refractivity contribution in [3.8, 4) is 0 Å². The van der Waals surface area contributed by atoms with Gasteiger partial charge in [0, 0.05) is 17.5 Å². The molecule has 0 amide bonds. The van der Waals surface area contributed by atoms with Gasteiger partial charge in [0.15, 0.2) is 5.78 Å². The molecule has 2 rings (SSSR count). The van der Waals surface area contributed by atoms with Crippen LogP contribution in [0.25, 0.3) is 0 Å². The molecular weight excluding hydrogens is 324 g/mol. The zero-order valence-electron chi connectivity index (χ0n) is 13.5. The lowest BCUT2D eigenvalue weighted by molar-refractivity contribution is -0.143. The first kappa shape index (κ1) is 17.9. The molecule has 5 heteroatoms. The van der Waals surface area contributed by atoms with Crippen LogP contribution in [0, 0.1) is 0 Å². The third kappa shape index (κ3) is 4.32. The molecule has 0 aliphatic carbocycles. The molecule has 0 radical (unpaired) electrons. The molecule has 0 aromatic heterocycles. The molecule has 24 heavy (non-hydrogen) atoms. The molecule has 0 fully saturated rings. The van der Waals surface area contributed by atoms with Gasteiger partial charge in [-0.1, -0.05) is 72.4 Å². The number of carbonyl (C=O) groups is 3. The van der Waals surface area contributed by atoms with Crippen molar-refractivity contribution in [1.29, 1.82) is 0 Å². The van der Waals surface area contributed by atoms with Crippen molar-refractivity contribution in [2.75, 3.05) is 7.11 Å². The summed E-state index contributed by atoms with van der Waals surface area (Å²) >= 11 is 0.822. The Balaban J connectivity index is 2.21. The second kappa shape index (κ2) is 7.93. The van der Waals surface area contributed by atoms with E-state index < -0.39 is 10.7 Å². The Bertz CT molecular complexity index is 672. The number of methoxy groups -OCH3 is 1. The van der Waals surface area contributed by atoms with Crippen molar-refractivity contribution in [1.82, 2.24) is 0 Å². The van der Waals surface area contributed by atoms with Gasteiger partial charge >= 0.3 is 5.97 Å². The smallest absolute Gasteiger partial charge is 0.322 e. The van der Waals surface area contributed by atoms with Gasteiger partial charge in [-0.3, -0.25) is 14.4 Å². The number of Topliss-reactive ketones (excluding diaryl/α,β-unsaturated/α-hetero) is 1. The molecular formula is C19H18O4S. The zero-order valence-corrected chi connectivity index (χ0v) is 14.3. The molecule has 0 bridgehead atoms. The molecule has 2 aromatic carbocycles. The van der Waals surface area contributed by atoms with Gasteiger partial charge in [0.2, 0.25) is 5.12 Å². The Morgan fingerprint density at radius 1 is 0.917 bits per heavy atom. The topological polar surface area (TPSA) is 60.4 Å². The second-order valence-corrected chi connectivity index (χ2v) is 6.92.